The number of rotatable bonds is 22. The van der Waals surface area contributed by atoms with Crippen LogP contribution in [0.2, 0.25) is 5.02 Å². The lowest BCUT2D eigenvalue weighted by Crippen LogP contribution is -2.55. The average molecular weight is 2020 g/mol. The van der Waals surface area contributed by atoms with Crippen LogP contribution in [0.25, 0.3) is 0 Å². The van der Waals surface area contributed by atoms with Crippen LogP contribution < -0.4 is 18.9 Å². The molecule has 9 aromatic rings. The SMILES string of the molecule is CCS(=O)(=O)CC[C@@H]1CCC[C@@]2(Cc3ccc(Cl)cc3)c3c(F)ccc(F)c3OC[C@@H]12.C[C@@]1(CCS(C)(=O)=O)CCC[C@@]2(Cc3ccc(C(F)(F)F)cc3)c3c(F)ccc(F)c3OC[C@@H]12.C[C@@]1(CCS(C)(=O)=O)CCC[C@@]2(Cc3ccc(C(F)(F)F)cc3)c3c(F)ccc(F)c3OC[C@@H]12.O=S(=O)(CC[C@@H]1CCC[C@@]2(Cc3ccc(C(F)(F)F)cc3)c3c(F)ccc(F)c3OC[C@@H]12)c1ccccc1. The predicted molar refractivity (Wildman–Crippen MR) is 488 cm³/mol. The molecule has 17 rings (SSSR count). The second kappa shape index (κ2) is 40.2. The smallest absolute Gasteiger partial charge is 0.416 e. The summed E-state index contributed by atoms with van der Waals surface area (Å²) in [6.45, 7) is 6.05. The van der Waals surface area contributed by atoms with Crippen molar-refractivity contribution in [3.05, 3.63) is 289 Å². The van der Waals surface area contributed by atoms with E-state index in [0.29, 0.717) is 124 Å². The Labute approximate surface area is 793 Å². The van der Waals surface area contributed by atoms with Gasteiger partial charge in [-0.05, 0) is 257 Å². The van der Waals surface area contributed by atoms with Crippen molar-refractivity contribution in [3.63, 3.8) is 0 Å². The first-order valence-corrected chi connectivity index (χ1v) is 53.8. The topological polar surface area (TPSA) is 173 Å². The maximum atomic E-state index is 15.4. The van der Waals surface area contributed by atoms with Gasteiger partial charge in [0.15, 0.2) is 56.1 Å². The average Bonchev–Trinajstić information content (AvgIpc) is 0.717. The third kappa shape index (κ3) is 22.4. The molecule has 4 saturated carbocycles. The molecule has 0 amide bonds. The van der Waals surface area contributed by atoms with E-state index in [1.165, 1.54) is 42.5 Å². The Bertz CT molecular complexity index is 6150. The summed E-state index contributed by atoms with van der Waals surface area (Å²) in [6.07, 6.45) is -0.642. The highest BCUT2D eigenvalue weighted by molar-refractivity contribution is 7.91. The number of hydrogen-bond acceptors (Lipinski definition) is 12. The van der Waals surface area contributed by atoms with Crippen LogP contribution in [0.15, 0.2) is 181 Å². The van der Waals surface area contributed by atoms with E-state index in [1.807, 2.05) is 26.0 Å². The maximum Gasteiger partial charge on any atom is 0.416 e. The molecule has 4 fully saturated rings. The van der Waals surface area contributed by atoms with Crippen LogP contribution in [-0.4, -0.2) is 101 Å². The van der Waals surface area contributed by atoms with Crippen LogP contribution in [0, 0.1) is 92.9 Å². The normalized spacial score (nSPS) is 25.6. The Kier molecular flexibility index (Phi) is 30.5. The van der Waals surface area contributed by atoms with Crippen molar-refractivity contribution in [1.29, 1.82) is 0 Å². The predicted octanol–water partition coefficient (Wildman–Crippen LogP) is 25.1. The van der Waals surface area contributed by atoms with E-state index in [9.17, 15) is 90.7 Å². The zero-order chi connectivity index (χ0) is 99.2. The molecule has 0 bridgehead atoms. The molecule has 12 atom stereocenters. The van der Waals surface area contributed by atoms with Gasteiger partial charge < -0.3 is 18.9 Å². The van der Waals surface area contributed by atoms with Crippen molar-refractivity contribution in [2.24, 2.45) is 46.3 Å². The van der Waals surface area contributed by atoms with Gasteiger partial charge in [-0.1, -0.05) is 125 Å². The van der Waals surface area contributed by atoms with E-state index in [4.69, 9.17) is 30.5 Å². The number of sulfone groups is 4. The second-order valence-electron chi connectivity index (χ2n) is 39.1. The van der Waals surface area contributed by atoms with E-state index in [0.717, 1.165) is 110 Å². The van der Waals surface area contributed by atoms with Gasteiger partial charge in [-0.2, -0.15) is 39.5 Å². The molecule has 0 aromatic heterocycles. The second-order valence-corrected chi connectivity index (χ2v) is 48.6. The number of ether oxygens (including phenoxy) is 4. The van der Waals surface area contributed by atoms with E-state index in [2.05, 4.69) is 0 Å². The van der Waals surface area contributed by atoms with Crippen molar-refractivity contribution >= 4 is 50.9 Å². The van der Waals surface area contributed by atoms with Crippen molar-refractivity contribution in [1.82, 2.24) is 0 Å². The Balaban J connectivity index is 0.000000146. The standard InChI is InChI=1S/C29H27F5O3S.2C25H27F5O3S.C24H27ClF2O3S/c30-24-12-13-25(31)27-26(24)28(17-19-8-10-21(11-9-19)29(32,33)34)15-4-5-20(23(28)18-37-27)14-16-38(35,36)22-6-2-1-3-7-22;2*1-23(12-13-34(2,31)32)10-3-11-24(14-16-4-6-17(7-5-16)25(28,29)30)20(23)15-33-22-19(27)9-8-18(26)21(22)24;1-2-31(28,29)13-11-17-4-3-12-24(14-16-5-7-18(25)8-6-16)19(17)15-30-23-21(27)10-9-20(26)22(23)24/h1-3,6-13,20,23H,4-5,14-18H2;2*4-9,20H,3,10-15H2,1-2H3;5-10,17,19H,2-4,11-15H2,1H3/t20-,23-,28-;2*20-,23-,24-;17-,19-,24-/m0000/s1. The monoisotopic (exact) mass is 2020 g/mol. The van der Waals surface area contributed by atoms with Crippen molar-refractivity contribution in [3.8, 4) is 23.0 Å². The molecular weight excluding hydrogens is 1920 g/mol. The molecule has 137 heavy (non-hydrogen) atoms. The minimum Gasteiger partial charge on any atom is -0.490 e. The molecule has 12 nitrogen and oxygen atoms in total. The third-order valence-electron chi connectivity index (χ3n) is 30.6. The molecule has 4 aliphatic heterocycles. The fourth-order valence-electron chi connectivity index (χ4n) is 23.8. The number of halogens is 18. The molecule has 0 N–H and O–H groups in total. The van der Waals surface area contributed by atoms with Crippen molar-refractivity contribution in [2.45, 2.75) is 194 Å². The van der Waals surface area contributed by atoms with Crippen molar-refractivity contribution in [2.75, 3.05) is 67.7 Å². The molecule has 4 heterocycles. The van der Waals surface area contributed by atoms with Gasteiger partial charge in [-0.25, -0.2) is 68.8 Å². The summed E-state index contributed by atoms with van der Waals surface area (Å²) in [5.74, 6) is -6.63. The van der Waals surface area contributed by atoms with Gasteiger partial charge >= 0.3 is 18.5 Å². The van der Waals surface area contributed by atoms with Crippen LogP contribution in [-0.2, 0) is 105 Å². The summed E-state index contributed by atoms with van der Waals surface area (Å²) in [5, 5.41) is 0.619. The van der Waals surface area contributed by atoms with Crippen LogP contribution in [0.1, 0.15) is 185 Å². The quantitative estimate of drug-likeness (QED) is 0.0589. The van der Waals surface area contributed by atoms with E-state index in [1.54, 1.807) is 49.4 Å². The van der Waals surface area contributed by atoms with Crippen LogP contribution >= 0.6 is 11.6 Å². The molecule has 0 saturated heterocycles. The van der Waals surface area contributed by atoms with Gasteiger partial charge in [-0.3, -0.25) is 0 Å². The molecule has 9 aromatic carbocycles. The highest BCUT2D eigenvalue weighted by Crippen LogP contribution is 2.64. The van der Waals surface area contributed by atoms with Gasteiger partial charge in [-0.15, -0.1) is 0 Å². The molecule has 0 spiro atoms. The van der Waals surface area contributed by atoms with Gasteiger partial charge in [0.25, 0.3) is 0 Å². The highest BCUT2D eigenvalue weighted by atomic mass is 35.5. The molecule has 742 valence electrons. The van der Waals surface area contributed by atoms with Crippen LogP contribution in [0.4, 0.5) is 74.6 Å². The zero-order valence-electron chi connectivity index (χ0n) is 76.0. The van der Waals surface area contributed by atoms with Crippen LogP contribution in [0.5, 0.6) is 23.0 Å². The molecular formula is C103H108ClF17O12S4. The van der Waals surface area contributed by atoms with Crippen LogP contribution in [0.3, 0.4) is 0 Å². The number of hydrogen-bond donors (Lipinski definition) is 0. The zero-order valence-corrected chi connectivity index (χ0v) is 80.1. The first-order valence-electron chi connectivity index (χ1n) is 45.8. The van der Waals surface area contributed by atoms with Gasteiger partial charge in [0.05, 0.1) is 71.0 Å². The molecule has 34 heteroatoms. The molecule has 4 aliphatic carbocycles. The highest BCUT2D eigenvalue weighted by Gasteiger charge is 2.61. The van der Waals surface area contributed by atoms with E-state index < -0.39 is 154 Å². The van der Waals surface area contributed by atoms with E-state index in [-0.39, 0.29) is 155 Å². The first kappa shape index (κ1) is 104. The van der Waals surface area contributed by atoms with E-state index >= 15 is 17.6 Å². The summed E-state index contributed by atoms with van der Waals surface area (Å²) in [7, 11) is -13.2. The van der Waals surface area contributed by atoms with Gasteiger partial charge in [0.2, 0.25) is 0 Å². The largest absolute Gasteiger partial charge is 0.490 e. The lowest BCUT2D eigenvalue weighted by Gasteiger charge is -2.56. The maximum absolute atomic E-state index is 15.4. The molecule has 0 radical (unpaired) electrons. The fourth-order valence-corrected chi connectivity index (χ4v) is 28.0. The Morgan fingerprint density at radius 2 is 0.642 bits per heavy atom. The number of fused-ring (bicyclic) bond motifs is 12. The Hall–Kier alpha value is -8.92. The van der Waals surface area contributed by atoms with Crippen molar-refractivity contribution < 1.29 is 127 Å². The summed E-state index contributed by atoms with van der Waals surface area (Å²) in [6, 6.07) is 38.3. The fraction of sp³-hybridized carbons (Fsp3) is 0.476. The molecule has 8 aliphatic rings. The summed E-state index contributed by atoms with van der Waals surface area (Å²) >= 11 is 6.05. The summed E-state index contributed by atoms with van der Waals surface area (Å²) < 4.78 is 359. The Morgan fingerprint density at radius 1 is 0.350 bits per heavy atom. The number of benzene rings is 9. The first-order chi connectivity index (χ1) is 64.3. The lowest BCUT2D eigenvalue weighted by atomic mass is 9.50. The third-order valence-corrected chi connectivity index (χ3v) is 36.2. The minimum absolute atomic E-state index is 0.00652. The lowest BCUT2D eigenvalue weighted by molar-refractivity contribution is -0.138. The molecule has 0 unspecified atom stereocenters. The van der Waals surface area contributed by atoms with Gasteiger partial charge in [0.1, 0.15) is 52.8 Å². The number of alkyl halides is 9. The van der Waals surface area contributed by atoms with Gasteiger partial charge in [0, 0.05) is 90.9 Å². The summed E-state index contributed by atoms with van der Waals surface area (Å²) in [5.41, 5.74) is -3.57. The minimum atomic E-state index is -4.49. The summed E-state index contributed by atoms with van der Waals surface area (Å²) in [4.78, 5) is 0.227. The Morgan fingerprint density at radius 3 is 0.964 bits per heavy atom.